The third-order valence-corrected chi connectivity index (χ3v) is 3.65. The van der Waals surface area contributed by atoms with Crippen molar-refractivity contribution in [2.75, 3.05) is 0 Å². The lowest BCUT2D eigenvalue weighted by Gasteiger charge is -2.22. The highest BCUT2D eigenvalue weighted by molar-refractivity contribution is 5.82. The second kappa shape index (κ2) is 6.43. The van der Waals surface area contributed by atoms with Crippen LogP contribution in [0.1, 0.15) is 6.30 Å². The lowest BCUT2D eigenvalue weighted by atomic mass is 10.1. The molecule has 0 saturated heterocycles. The first kappa shape index (κ1) is 17.9. The molecule has 3 aromatic rings. The monoisotopic (exact) mass is 373 g/mol. The third kappa shape index (κ3) is 2.91. The van der Waals surface area contributed by atoms with Crippen LogP contribution in [-0.4, -0.2) is 26.9 Å². The van der Waals surface area contributed by atoms with E-state index < -0.39 is 35.5 Å². The molecule has 0 N–H and O–H groups in total. The number of nitrogens with zero attached hydrogens (tertiary/aromatic N) is 3. The Kier molecular flexibility index (Phi) is 4.43. The summed E-state index contributed by atoms with van der Waals surface area (Å²) in [5.74, 6) is -5.79. The zero-order valence-corrected chi connectivity index (χ0v) is 12.7. The van der Waals surface area contributed by atoms with Crippen LogP contribution in [0.25, 0.3) is 22.3 Å². The highest BCUT2D eigenvalue weighted by Crippen LogP contribution is 2.36. The van der Waals surface area contributed by atoms with Gasteiger partial charge in [0.25, 0.3) is 5.56 Å². The van der Waals surface area contributed by atoms with E-state index in [2.05, 4.69) is 9.97 Å². The van der Waals surface area contributed by atoms with Crippen molar-refractivity contribution in [3.8, 4) is 11.4 Å². The van der Waals surface area contributed by atoms with Gasteiger partial charge >= 0.3 is 12.3 Å². The second-order valence-corrected chi connectivity index (χ2v) is 5.31. The lowest BCUT2D eigenvalue weighted by Crippen LogP contribution is -2.39. The molecule has 0 fully saturated rings. The first-order chi connectivity index (χ1) is 12.2. The topological polar surface area (TPSA) is 47.8 Å². The third-order valence-electron chi connectivity index (χ3n) is 3.65. The average Bonchev–Trinajstić information content (AvgIpc) is 2.61. The molecule has 0 saturated carbocycles. The van der Waals surface area contributed by atoms with E-state index in [0.717, 1.165) is 24.4 Å². The van der Waals surface area contributed by atoms with Gasteiger partial charge in [-0.05, 0) is 24.3 Å². The minimum absolute atomic E-state index is 0.00294. The minimum atomic E-state index is -5.08. The number of rotatable bonds is 4. The van der Waals surface area contributed by atoms with Crippen molar-refractivity contribution in [2.45, 2.75) is 18.6 Å². The number of fused-ring (bicyclic) bond motifs is 1. The molecule has 0 aliphatic rings. The predicted octanol–water partition coefficient (Wildman–Crippen LogP) is 3.97. The number of hydrogen-bond donors (Lipinski definition) is 0. The van der Waals surface area contributed by atoms with E-state index >= 15 is 0 Å². The summed E-state index contributed by atoms with van der Waals surface area (Å²) in [6.45, 7) is 0. The molecule has 0 aliphatic heterocycles. The summed E-state index contributed by atoms with van der Waals surface area (Å²) in [4.78, 5) is 19.4. The highest BCUT2D eigenvalue weighted by Gasteiger charge is 2.51. The number of pyridine rings is 3. The molecule has 1 atom stereocenters. The van der Waals surface area contributed by atoms with E-state index in [1.807, 2.05) is 0 Å². The summed E-state index contributed by atoms with van der Waals surface area (Å²) in [6.07, 6.45) is -5.78. The molecule has 0 aromatic carbocycles. The molecule has 0 spiro atoms. The number of aromatic nitrogens is 3. The maximum atomic E-state index is 14.1. The van der Waals surface area contributed by atoms with Gasteiger partial charge in [0, 0.05) is 17.6 Å². The molecule has 0 amide bonds. The van der Waals surface area contributed by atoms with Crippen molar-refractivity contribution in [1.29, 1.82) is 0 Å². The van der Waals surface area contributed by atoms with Gasteiger partial charge in [0.05, 0.1) is 17.4 Å². The average molecular weight is 373 g/mol. The molecule has 3 aromatic heterocycles. The Morgan fingerprint density at radius 2 is 1.81 bits per heavy atom. The molecule has 10 heteroatoms. The molecule has 1 unspecified atom stereocenters. The zero-order chi connectivity index (χ0) is 19.1. The van der Waals surface area contributed by atoms with Crippen LogP contribution in [0.4, 0.5) is 26.3 Å². The SMILES string of the molecule is O=c1ccc2cc(-c3ncccc3F)ncc2n1C(F)C(F)(F)C(F)F. The van der Waals surface area contributed by atoms with E-state index in [1.54, 1.807) is 0 Å². The molecule has 0 aliphatic carbocycles. The summed E-state index contributed by atoms with van der Waals surface area (Å²) >= 11 is 0. The lowest BCUT2D eigenvalue weighted by molar-refractivity contribution is -0.191. The van der Waals surface area contributed by atoms with E-state index in [0.29, 0.717) is 0 Å². The van der Waals surface area contributed by atoms with Gasteiger partial charge in [0.2, 0.25) is 6.30 Å². The second-order valence-electron chi connectivity index (χ2n) is 5.31. The molecule has 0 radical (unpaired) electrons. The van der Waals surface area contributed by atoms with Crippen LogP contribution in [0.2, 0.25) is 0 Å². The van der Waals surface area contributed by atoms with Gasteiger partial charge < -0.3 is 0 Å². The summed E-state index contributed by atoms with van der Waals surface area (Å²) in [5.41, 5.74) is -1.84. The van der Waals surface area contributed by atoms with E-state index in [-0.39, 0.29) is 21.3 Å². The van der Waals surface area contributed by atoms with Crippen molar-refractivity contribution >= 4 is 10.9 Å². The Labute approximate surface area is 141 Å². The Morgan fingerprint density at radius 1 is 1.08 bits per heavy atom. The highest BCUT2D eigenvalue weighted by atomic mass is 19.3. The zero-order valence-electron chi connectivity index (χ0n) is 12.7. The van der Waals surface area contributed by atoms with Crippen molar-refractivity contribution in [1.82, 2.24) is 14.5 Å². The number of halogens is 6. The molecule has 136 valence electrons. The summed E-state index contributed by atoms with van der Waals surface area (Å²) in [6, 6.07) is 5.56. The normalized spacial score (nSPS) is 13.3. The molecule has 3 heterocycles. The predicted molar refractivity (Wildman–Crippen MR) is 80.3 cm³/mol. The Morgan fingerprint density at radius 3 is 2.46 bits per heavy atom. The minimum Gasteiger partial charge on any atom is -0.270 e. The quantitative estimate of drug-likeness (QED) is 0.651. The maximum absolute atomic E-state index is 14.1. The fourth-order valence-corrected chi connectivity index (χ4v) is 2.37. The van der Waals surface area contributed by atoms with Crippen molar-refractivity contribution in [3.63, 3.8) is 0 Å². The summed E-state index contributed by atoms with van der Waals surface area (Å²) in [7, 11) is 0. The molecule has 26 heavy (non-hydrogen) atoms. The van der Waals surface area contributed by atoms with Crippen LogP contribution in [0.5, 0.6) is 0 Å². The van der Waals surface area contributed by atoms with Gasteiger partial charge in [-0.3, -0.25) is 19.3 Å². The van der Waals surface area contributed by atoms with Crippen LogP contribution >= 0.6 is 0 Å². The summed E-state index contributed by atoms with van der Waals surface area (Å²) < 4.78 is 79.4. The van der Waals surface area contributed by atoms with Crippen molar-refractivity contribution < 1.29 is 26.3 Å². The van der Waals surface area contributed by atoms with Crippen LogP contribution < -0.4 is 5.56 Å². The Hall–Kier alpha value is -2.91. The maximum Gasteiger partial charge on any atom is 0.356 e. The molecule has 0 bridgehead atoms. The van der Waals surface area contributed by atoms with Crippen LogP contribution in [0.3, 0.4) is 0 Å². The van der Waals surface area contributed by atoms with Gasteiger partial charge in [-0.2, -0.15) is 8.78 Å². The van der Waals surface area contributed by atoms with Gasteiger partial charge in [-0.25, -0.2) is 17.6 Å². The Balaban J connectivity index is 2.19. The van der Waals surface area contributed by atoms with Crippen LogP contribution in [0.15, 0.2) is 47.5 Å². The first-order valence-corrected chi connectivity index (χ1v) is 7.15. The van der Waals surface area contributed by atoms with Crippen molar-refractivity contribution in [2.24, 2.45) is 0 Å². The molecular weight excluding hydrogens is 364 g/mol. The van der Waals surface area contributed by atoms with E-state index in [1.165, 1.54) is 18.3 Å². The van der Waals surface area contributed by atoms with Gasteiger partial charge in [-0.15, -0.1) is 0 Å². The number of alkyl halides is 5. The van der Waals surface area contributed by atoms with Crippen molar-refractivity contribution in [3.05, 3.63) is 58.9 Å². The smallest absolute Gasteiger partial charge is 0.270 e. The molecular formula is C16H9F6N3O. The fraction of sp³-hybridized carbons (Fsp3) is 0.188. The molecule has 4 nitrogen and oxygen atoms in total. The number of hydrogen-bond acceptors (Lipinski definition) is 3. The molecule has 3 rings (SSSR count). The van der Waals surface area contributed by atoms with Gasteiger partial charge in [0.1, 0.15) is 5.69 Å². The summed E-state index contributed by atoms with van der Waals surface area (Å²) in [5, 5.41) is 0.0207. The standard InChI is InChI=1S/C16H9F6N3O/c17-9-2-1-5-23-13(9)10-6-8-3-4-12(26)25(11(8)7-24-10)15(20)16(21,22)14(18)19/h1-7,14-15H. The van der Waals surface area contributed by atoms with Crippen LogP contribution in [-0.2, 0) is 0 Å². The Bertz CT molecular complexity index is 1020. The fourth-order valence-electron chi connectivity index (χ4n) is 2.37. The largest absolute Gasteiger partial charge is 0.356 e. The van der Waals surface area contributed by atoms with Gasteiger partial charge in [-0.1, -0.05) is 0 Å². The van der Waals surface area contributed by atoms with E-state index in [4.69, 9.17) is 0 Å². The van der Waals surface area contributed by atoms with Crippen LogP contribution in [0, 0.1) is 5.82 Å². The van der Waals surface area contributed by atoms with Gasteiger partial charge in [0.15, 0.2) is 5.82 Å². The van der Waals surface area contributed by atoms with E-state index in [9.17, 15) is 31.1 Å². The first-order valence-electron chi connectivity index (χ1n) is 7.15.